The molecular weight excluding hydrogens is 434 g/mol. The highest BCUT2D eigenvalue weighted by atomic mass is 79.9. The van der Waals surface area contributed by atoms with Gasteiger partial charge in [-0.1, -0.05) is 45.8 Å². The van der Waals surface area contributed by atoms with Crippen LogP contribution >= 0.6 is 15.9 Å². The van der Waals surface area contributed by atoms with Crippen LogP contribution in [-0.2, 0) is 9.59 Å². The maximum atomic E-state index is 13.0. The van der Waals surface area contributed by atoms with Crippen LogP contribution in [0.3, 0.4) is 0 Å². The molecule has 1 fully saturated rings. The predicted molar refractivity (Wildman–Crippen MR) is 114 cm³/mol. The lowest BCUT2D eigenvalue weighted by molar-refractivity contribution is -0.132. The molecule has 2 aromatic carbocycles. The van der Waals surface area contributed by atoms with Crippen LogP contribution in [-0.4, -0.2) is 16.8 Å². The highest BCUT2D eigenvalue weighted by Crippen LogP contribution is 2.42. The number of Topliss-reactive ketones (excluding diaryl/α,β-unsaturated/α-hetero) is 1. The molecule has 1 unspecified atom stereocenters. The summed E-state index contributed by atoms with van der Waals surface area (Å²) >= 11 is 3.38. The van der Waals surface area contributed by atoms with E-state index in [1.54, 1.807) is 55.5 Å². The molecule has 5 nitrogen and oxygen atoms in total. The number of carbonyl (C=O) groups excluding carboxylic acids is 2. The van der Waals surface area contributed by atoms with Gasteiger partial charge in [0.15, 0.2) is 0 Å². The molecule has 3 aromatic rings. The molecule has 1 saturated heterocycles. The van der Waals surface area contributed by atoms with Gasteiger partial charge in [-0.2, -0.15) is 0 Å². The van der Waals surface area contributed by atoms with Crippen LogP contribution in [0.5, 0.6) is 0 Å². The van der Waals surface area contributed by atoms with Crippen LogP contribution in [0.15, 0.2) is 75.1 Å². The summed E-state index contributed by atoms with van der Waals surface area (Å²) < 4.78 is 6.62. The average molecular weight is 452 g/mol. The van der Waals surface area contributed by atoms with Gasteiger partial charge in [0.05, 0.1) is 5.57 Å². The topological polar surface area (TPSA) is 70.8 Å². The van der Waals surface area contributed by atoms with Gasteiger partial charge in [0.2, 0.25) is 0 Å². The van der Waals surface area contributed by atoms with Crippen molar-refractivity contribution in [3.8, 4) is 0 Å². The number of furan rings is 1. The van der Waals surface area contributed by atoms with E-state index in [1.165, 1.54) is 4.90 Å². The Balaban J connectivity index is 1.92. The molecule has 0 radical (unpaired) electrons. The molecule has 1 N–H and O–H groups in total. The summed E-state index contributed by atoms with van der Waals surface area (Å²) in [4.78, 5) is 27.3. The van der Waals surface area contributed by atoms with Gasteiger partial charge in [0, 0.05) is 15.7 Å². The number of hydrogen-bond acceptors (Lipinski definition) is 4. The third kappa shape index (κ3) is 3.40. The second kappa shape index (κ2) is 7.37. The number of rotatable bonds is 3. The van der Waals surface area contributed by atoms with Crippen molar-refractivity contribution in [3.63, 3.8) is 0 Å². The molecule has 0 spiro atoms. The number of halogens is 1. The minimum absolute atomic E-state index is 0.0103. The van der Waals surface area contributed by atoms with Crippen molar-refractivity contribution in [2.24, 2.45) is 0 Å². The molecule has 6 heteroatoms. The van der Waals surface area contributed by atoms with Gasteiger partial charge in [-0.05, 0) is 50.2 Å². The summed E-state index contributed by atoms with van der Waals surface area (Å²) in [5.74, 6) is -0.609. The zero-order chi connectivity index (χ0) is 20.7. The number of hydrogen-bond donors (Lipinski definition) is 1. The van der Waals surface area contributed by atoms with E-state index in [9.17, 15) is 14.7 Å². The first-order chi connectivity index (χ1) is 13.9. The van der Waals surface area contributed by atoms with Crippen molar-refractivity contribution in [1.82, 2.24) is 0 Å². The quantitative estimate of drug-likeness (QED) is 0.333. The monoisotopic (exact) mass is 451 g/mol. The molecular formula is C23H18BrNO4. The SMILES string of the molecule is Cc1ccc(/C(O)=C2/C(=O)C(=O)N(c3ccc(Br)cc3)C2c2ccc(C)o2)cc1. The fourth-order valence-corrected chi connectivity index (χ4v) is 3.70. The van der Waals surface area contributed by atoms with Crippen molar-refractivity contribution >= 4 is 39.1 Å². The summed E-state index contributed by atoms with van der Waals surface area (Å²) in [6.45, 7) is 3.72. The minimum Gasteiger partial charge on any atom is -0.507 e. The summed E-state index contributed by atoms with van der Waals surface area (Å²) in [5, 5.41) is 11.0. The molecule has 0 saturated carbocycles. The molecule has 1 atom stereocenters. The lowest BCUT2D eigenvalue weighted by Gasteiger charge is -2.23. The smallest absolute Gasteiger partial charge is 0.300 e. The van der Waals surface area contributed by atoms with E-state index in [2.05, 4.69) is 15.9 Å². The highest BCUT2D eigenvalue weighted by molar-refractivity contribution is 9.10. The Hall–Kier alpha value is -3.12. The van der Waals surface area contributed by atoms with Crippen LogP contribution in [0.25, 0.3) is 5.76 Å². The number of carbonyl (C=O) groups is 2. The van der Waals surface area contributed by atoms with Crippen LogP contribution in [0, 0.1) is 13.8 Å². The second-order valence-corrected chi connectivity index (χ2v) is 7.88. The van der Waals surface area contributed by atoms with E-state index < -0.39 is 17.7 Å². The van der Waals surface area contributed by atoms with Gasteiger partial charge in [0.25, 0.3) is 11.7 Å². The first-order valence-electron chi connectivity index (χ1n) is 9.07. The molecule has 1 amide bonds. The molecule has 1 aliphatic heterocycles. The zero-order valence-electron chi connectivity index (χ0n) is 15.8. The summed E-state index contributed by atoms with van der Waals surface area (Å²) in [7, 11) is 0. The van der Waals surface area contributed by atoms with E-state index >= 15 is 0 Å². The van der Waals surface area contributed by atoms with E-state index in [0.717, 1.165) is 10.0 Å². The van der Waals surface area contributed by atoms with E-state index in [4.69, 9.17) is 4.42 Å². The van der Waals surface area contributed by atoms with Crippen molar-refractivity contribution in [1.29, 1.82) is 0 Å². The first-order valence-corrected chi connectivity index (χ1v) is 9.86. The molecule has 146 valence electrons. The van der Waals surface area contributed by atoms with Crippen molar-refractivity contribution in [3.05, 3.63) is 93.4 Å². The number of benzene rings is 2. The highest BCUT2D eigenvalue weighted by Gasteiger charge is 2.48. The number of aryl methyl sites for hydroxylation is 2. The molecule has 4 rings (SSSR count). The van der Waals surface area contributed by atoms with Crippen LogP contribution in [0.4, 0.5) is 5.69 Å². The Morgan fingerprint density at radius 3 is 2.21 bits per heavy atom. The Labute approximate surface area is 176 Å². The number of anilines is 1. The van der Waals surface area contributed by atoms with Gasteiger partial charge in [-0.3, -0.25) is 14.5 Å². The number of nitrogens with zero attached hydrogens (tertiary/aromatic N) is 1. The number of ketones is 1. The summed E-state index contributed by atoms with van der Waals surface area (Å²) in [6, 6.07) is 16.8. The maximum absolute atomic E-state index is 13.0. The number of aliphatic hydroxyl groups is 1. The van der Waals surface area contributed by atoms with E-state index in [1.807, 2.05) is 19.1 Å². The van der Waals surface area contributed by atoms with Crippen LogP contribution in [0.1, 0.15) is 28.7 Å². The lowest BCUT2D eigenvalue weighted by atomic mass is 9.98. The Morgan fingerprint density at radius 2 is 1.62 bits per heavy atom. The normalized spacial score (nSPS) is 18.4. The first kappa shape index (κ1) is 19.2. The Kier molecular flexibility index (Phi) is 4.88. The molecule has 0 bridgehead atoms. The Bertz CT molecular complexity index is 1130. The van der Waals surface area contributed by atoms with Crippen LogP contribution < -0.4 is 4.90 Å². The minimum atomic E-state index is -0.855. The average Bonchev–Trinajstić information content (AvgIpc) is 3.24. The third-order valence-electron chi connectivity index (χ3n) is 4.90. The van der Waals surface area contributed by atoms with Gasteiger partial charge in [-0.15, -0.1) is 0 Å². The number of amides is 1. The van der Waals surface area contributed by atoms with E-state index in [-0.39, 0.29) is 11.3 Å². The molecule has 29 heavy (non-hydrogen) atoms. The standard InChI is InChI=1S/C23H18BrNO4/c1-13-3-6-15(7-4-13)21(26)19-20(18-12-5-14(2)29-18)25(23(28)22(19)27)17-10-8-16(24)9-11-17/h3-12,20,26H,1-2H3/b21-19-. The van der Waals surface area contributed by atoms with Gasteiger partial charge >= 0.3 is 0 Å². The van der Waals surface area contributed by atoms with E-state index in [0.29, 0.717) is 22.8 Å². The fraction of sp³-hybridized carbons (Fsp3) is 0.130. The number of aliphatic hydroxyl groups excluding tert-OH is 1. The molecule has 1 aliphatic rings. The molecule has 2 heterocycles. The largest absolute Gasteiger partial charge is 0.507 e. The van der Waals surface area contributed by atoms with Gasteiger partial charge in [0.1, 0.15) is 23.3 Å². The van der Waals surface area contributed by atoms with Crippen molar-refractivity contribution < 1.29 is 19.1 Å². The fourth-order valence-electron chi connectivity index (χ4n) is 3.44. The summed E-state index contributed by atoms with van der Waals surface area (Å²) in [6.07, 6.45) is 0. The molecule has 0 aliphatic carbocycles. The van der Waals surface area contributed by atoms with Crippen molar-refractivity contribution in [2.45, 2.75) is 19.9 Å². The predicted octanol–water partition coefficient (Wildman–Crippen LogP) is 5.29. The zero-order valence-corrected chi connectivity index (χ0v) is 17.4. The maximum Gasteiger partial charge on any atom is 0.300 e. The third-order valence-corrected chi connectivity index (χ3v) is 5.43. The van der Waals surface area contributed by atoms with Gasteiger partial charge < -0.3 is 9.52 Å². The van der Waals surface area contributed by atoms with Gasteiger partial charge in [-0.25, -0.2) is 0 Å². The second-order valence-electron chi connectivity index (χ2n) is 6.96. The van der Waals surface area contributed by atoms with Crippen LogP contribution in [0.2, 0.25) is 0 Å². The molecule has 1 aromatic heterocycles. The summed E-state index contributed by atoms with van der Waals surface area (Å²) in [5.41, 5.74) is 2.04. The van der Waals surface area contributed by atoms with Crippen molar-refractivity contribution in [2.75, 3.05) is 4.90 Å². The lowest BCUT2D eigenvalue weighted by Crippen LogP contribution is -2.29. The Morgan fingerprint density at radius 1 is 0.966 bits per heavy atom.